The molecule has 18 heavy (non-hydrogen) atoms. The Morgan fingerprint density at radius 1 is 1.61 bits per heavy atom. The minimum atomic E-state index is -0.431. The van der Waals surface area contributed by atoms with E-state index in [1.165, 1.54) is 37.7 Å². The molecule has 1 saturated carbocycles. The number of carbonyl (C=O) groups is 1. The van der Waals surface area contributed by atoms with Crippen LogP contribution in [0.4, 0.5) is 5.13 Å². The Bertz CT molecular complexity index is 436. The minimum absolute atomic E-state index is 0.217. The average Bonchev–Trinajstić information content (AvgIpc) is 2.92. The van der Waals surface area contributed by atoms with Gasteiger partial charge in [0, 0.05) is 6.54 Å². The molecular weight excluding hydrogens is 272 g/mol. The molecule has 1 fully saturated rings. The summed E-state index contributed by atoms with van der Waals surface area (Å²) >= 11 is 7.15. The van der Waals surface area contributed by atoms with Crippen LogP contribution >= 0.6 is 22.9 Å². The first-order valence-corrected chi connectivity index (χ1v) is 7.29. The summed E-state index contributed by atoms with van der Waals surface area (Å²) in [5.41, 5.74) is 0. The molecule has 2 atom stereocenters. The van der Waals surface area contributed by atoms with E-state index in [1.54, 1.807) is 0 Å². The van der Waals surface area contributed by atoms with Gasteiger partial charge >= 0.3 is 5.97 Å². The van der Waals surface area contributed by atoms with Gasteiger partial charge in [0.15, 0.2) is 15.2 Å². The second-order valence-corrected chi connectivity index (χ2v) is 6.04. The van der Waals surface area contributed by atoms with Crippen molar-refractivity contribution in [2.24, 2.45) is 11.8 Å². The van der Waals surface area contributed by atoms with Crippen LogP contribution < -0.4 is 5.32 Å². The Labute approximate surface area is 116 Å². The van der Waals surface area contributed by atoms with E-state index in [2.05, 4.69) is 22.0 Å². The van der Waals surface area contributed by atoms with Gasteiger partial charge in [-0.05, 0) is 18.3 Å². The lowest BCUT2D eigenvalue weighted by Gasteiger charge is -2.14. The fourth-order valence-corrected chi connectivity index (χ4v) is 3.45. The number of hydrogen-bond acceptors (Lipinski definition) is 5. The fourth-order valence-electron chi connectivity index (χ4n) is 2.34. The molecule has 100 valence electrons. The maximum atomic E-state index is 11.4. The van der Waals surface area contributed by atoms with Crippen molar-refractivity contribution in [3.05, 3.63) is 10.0 Å². The summed E-state index contributed by atoms with van der Waals surface area (Å²) in [5.74, 6) is 1.02. The predicted octanol–water partition coefficient (Wildman–Crippen LogP) is 3.43. The molecule has 2 unspecified atom stereocenters. The van der Waals surface area contributed by atoms with E-state index in [4.69, 9.17) is 11.6 Å². The van der Waals surface area contributed by atoms with E-state index < -0.39 is 5.97 Å². The van der Waals surface area contributed by atoms with Gasteiger partial charge in [-0.15, -0.1) is 0 Å². The highest BCUT2D eigenvalue weighted by Gasteiger charge is 2.24. The maximum absolute atomic E-state index is 11.4. The number of methoxy groups -OCH3 is 1. The number of aromatic nitrogens is 1. The molecule has 1 heterocycles. The molecule has 1 aromatic heterocycles. The van der Waals surface area contributed by atoms with E-state index in [0.29, 0.717) is 15.9 Å². The number of nitrogens with zero attached hydrogens (tertiary/aromatic N) is 1. The van der Waals surface area contributed by atoms with E-state index in [-0.39, 0.29) is 5.15 Å². The highest BCUT2D eigenvalue weighted by Crippen LogP contribution is 2.32. The van der Waals surface area contributed by atoms with E-state index in [1.807, 2.05) is 0 Å². The number of rotatable bonds is 4. The predicted molar refractivity (Wildman–Crippen MR) is 73.5 cm³/mol. The third-order valence-corrected chi connectivity index (χ3v) is 4.89. The highest BCUT2D eigenvalue weighted by molar-refractivity contribution is 7.18. The molecule has 2 rings (SSSR count). The lowest BCUT2D eigenvalue weighted by molar-refractivity contribution is 0.0606. The summed E-state index contributed by atoms with van der Waals surface area (Å²) in [4.78, 5) is 15.9. The lowest BCUT2D eigenvalue weighted by Crippen LogP contribution is -2.16. The van der Waals surface area contributed by atoms with Crippen molar-refractivity contribution in [2.45, 2.75) is 26.2 Å². The molecule has 0 aromatic carbocycles. The first kappa shape index (κ1) is 13.6. The number of carbonyl (C=O) groups excluding carboxylic acids is 1. The van der Waals surface area contributed by atoms with Gasteiger partial charge in [-0.2, -0.15) is 0 Å². The fraction of sp³-hybridized carbons (Fsp3) is 0.667. The summed E-state index contributed by atoms with van der Waals surface area (Å²) in [6.07, 6.45) is 3.87. The highest BCUT2D eigenvalue weighted by atomic mass is 35.5. The smallest absolute Gasteiger partial charge is 0.351 e. The van der Waals surface area contributed by atoms with Crippen LogP contribution in [0.1, 0.15) is 35.9 Å². The SMILES string of the molecule is COC(=O)c1sc(NCC2CCCC2C)nc1Cl. The van der Waals surface area contributed by atoms with Crippen molar-refractivity contribution in [3.8, 4) is 0 Å². The van der Waals surface area contributed by atoms with Crippen molar-refractivity contribution < 1.29 is 9.53 Å². The molecule has 1 aliphatic rings. The second kappa shape index (κ2) is 5.89. The lowest BCUT2D eigenvalue weighted by atomic mass is 9.98. The molecule has 0 aliphatic heterocycles. The standard InChI is InChI=1S/C12H17ClN2O2S/c1-7-4-3-5-8(7)6-14-12-15-10(13)9(18-12)11(16)17-2/h7-8H,3-6H2,1-2H3,(H,14,15). The third kappa shape index (κ3) is 2.95. The Hall–Kier alpha value is -0.810. The first-order valence-electron chi connectivity index (χ1n) is 6.10. The van der Waals surface area contributed by atoms with E-state index >= 15 is 0 Å². The van der Waals surface area contributed by atoms with Crippen LogP contribution in [0.15, 0.2) is 0 Å². The summed E-state index contributed by atoms with van der Waals surface area (Å²) < 4.78 is 4.64. The van der Waals surface area contributed by atoms with Crippen molar-refractivity contribution >= 4 is 34.0 Å². The van der Waals surface area contributed by atoms with E-state index in [9.17, 15) is 4.79 Å². The molecule has 0 saturated heterocycles. The van der Waals surface area contributed by atoms with Gasteiger partial charge < -0.3 is 10.1 Å². The van der Waals surface area contributed by atoms with Crippen LogP contribution in [-0.4, -0.2) is 24.6 Å². The molecule has 1 aliphatic carbocycles. The number of ether oxygens (including phenoxy) is 1. The largest absolute Gasteiger partial charge is 0.465 e. The summed E-state index contributed by atoms with van der Waals surface area (Å²) in [6.45, 7) is 3.18. The van der Waals surface area contributed by atoms with Gasteiger partial charge in [-0.3, -0.25) is 0 Å². The summed E-state index contributed by atoms with van der Waals surface area (Å²) in [6, 6.07) is 0. The number of esters is 1. The van der Waals surface area contributed by atoms with Gasteiger partial charge in [0.1, 0.15) is 0 Å². The van der Waals surface area contributed by atoms with E-state index in [0.717, 1.165) is 12.5 Å². The van der Waals surface area contributed by atoms with Crippen LogP contribution in [0, 0.1) is 11.8 Å². The minimum Gasteiger partial charge on any atom is -0.465 e. The zero-order valence-corrected chi connectivity index (χ0v) is 12.1. The first-order chi connectivity index (χ1) is 8.61. The molecule has 0 amide bonds. The summed E-state index contributed by atoms with van der Waals surface area (Å²) in [5, 5.41) is 4.18. The molecule has 0 bridgehead atoms. The Morgan fingerprint density at radius 2 is 2.39 bits per heavy atom. The van der Waals surface area contributed by atoms with Gasteiger partial charge in [0.2, 0.25) is 0 Å². The molecule has 0 spiro atoms. The average molecular weight is 289 g/mol. The molecule has 0 radical (unpaired) electrons. The topological polar surface area (TPSA) is 51.2 Å². The van der Waals surface area contributed by atoms with Gasteiger partial charge in [0.25, 0.3) is 0 Å². The Kier molecular flexibility index (Phi) is 4.45. The van der Waals surface area contributed by atoms with Crippen molar-refractivity contribution in [3.63, 3.8) is 0 Å². The Morgan fingerprint density at radius 3 is 3.00 bits per heavy atom. The normalized spacial score (nSPS) is 23.1. The zero-order valence-electron chi connectivity index (χ0n) is 10.5. The van der Waals surface area contributed by atoms with Gasteiger partial charge in [-0.25, -0.2) is 9.78 Å². The third-order valence-electron chi connectivity index (χ3n) is 3.51. The number of nitrogens with one attached hydrogen (secondary N) is 1. The van der Waals surface area contributed by atoms with Crippen molar-refractivity contribution in [1.82, 2.24) is 4.98 Å². The number of halogens is 1. The molecule has 1 N–H and O–H groups in total. The van der Waals surface area contributed by atoms with Crippen molar-refractivity contribution in [2.75, 3.05) is 19.0 Å². The van der Waals surface area contributed by atoms with Crippen LogP contribution in [0.5, 0.6) is 0 Å². The van der Waals surface area contributed by atoms with Crippen LogP contribution in [0.2, 0.25) is 5.15 Å². The number of thiazole rings is 1. The quantitative estimate of drug-likeness (QED) is 0.863. The number of hydrogen-bond donors (Lipinski definition) is 1. The Balaban J connectivity index is 1.95. The van der Waals surface area contributed by atoms with Gasteiger partial charge in [-0.1, -0.05) is 42.7 Å². The van der Waals surface area contributed by atoms with Gasteiger partial charge in [0.05, 0.1) is 7.11 Å². The van der Waals surface area contributed by atoms with Crippen LogP contribution in [0.3, 0.4) is 0 Å². The molecule has 1 aromatic rings. The van der Waals surface area contributed by atoms with Crippen molar-refractivity contribution in [1.29, 1.82) is 0 Å². The monoisotopic (exact) mass is 288 g/mol. The molecular formula is C12H17ClN2O2S. The maximum Gasteiger partial charge on any atom is 0.351 e. The molecule has 4 nitrogen and oxygen atoms in total. The second-order valence-electron chi connectivity index (χ2n) is 4.68. The van der Waals surface area contributed by atoms with Crippen LogP contribution in [0.25, 0.3) is 0 Å². The van der Waals surface area contributed by atoms with Crippen LogP contribution in [-0.2, 0) is 4.74 Å². The number of anilines is 1. The zero-order chi connectivity index (χ0) is 13.1. The molecule has 6 heteroatoms. The summed E-state index contributed by atoms with van der Waals surface area (Å²) in [7, 11) is 1.34.